The number of hydrogen-bond acceptors (Lipinski definition) is 5. The van der Waals surface area contributed by atoms with Crippen LogP contribution in [0.1, 0.15) is 11.1 Å². The van der Waals surface area contributed by atoms with Crippen LogP contribution in [0.15, 0.2) is 58.8 Å². The number of methoxy groups -OCH3 is 1. The Bertz CT molecular complexity index is 1030. The molecule has 142 valence electrons. The summed E-state index contributed by atoms with van der Waals surface area (Å²) in [7, 11) is -2.13. The number of aryl methyl sites for hydroxylation is 1. The van der Waals surface area contributed by atoms with Crippen molar-refractivity contribution < 1.29 is 17.9 Å². The Kier molecular flexibility index (Phi) is 6.06. The van der Waals surface area contributed by atoms with Crippen LogP contribution in [0.2, 0.25) is 5.02 Å². The average molecular weight is 424 g/mol. The molecule has 0 atom stereocenters. The highest BCUT2D eigenvalue weighted by Gasteiger charge is 2.21. The van der Waals surface area contributed by atoms with Crippen LogP contribution in [0.5, 0.6) is 16.6 Å². The van der Waals surface area contributed by atoms with Gasteiger partial charge >= 0.3 is 0 Å². The van der Waals surface area contributed by atoms with Crippen molar-refractivity contribution in [2.24, 2.45) is 0 Å². The van der Waals surface area contributed by atoms with Gasteiger partial charge in [0.15, 0.2) is 0 Å². The van der Waals surface area contributed by atoms with Crippen LogP contribution >= 0.6 is 22.9 Å². The van der Waals surface area contributed by atoms with Crippen molar-refractivity contribution in [3.05, 3.63) is 70.7 Å². The molecule has 1 N–H and O–H groups in total. The Morgan fingerprint density at radius 2 is 1.81 bits per heavy atom. The predicted molar refractivity (Wildman–Crippen MR) is 108 cm³/mol. The van der Waals surface area contributed by atoms with E-state index in [0.29, 0.717) is 16.6 Å². The Morgan fingerprint density at radius 1 is 1.07 bits per heavy atom. The van der Waals surface area contributed by atoms with E-state index < -0.39 is 10.0 Å². The van der Waals surface area contributed by atoms with Crippen molar-refractivity contribution in [1.29, 1.82) is 0 Å². The minimum absolute atomic E-state index is 0.101. The standard InChI is InChI=1S/C19H18ClNO4S2/c1-13-4-3-5-16(10-13)25-19-17(20)11-18(26-19)27(22,23)21-12-14-6-8-15(24-2)9-7-14/h3-11,21H,12H2,1-2H3. The molecule has 3 aromatic rings. The summed E-state index contributed by atoms with van der Waals surface area (Å²) in [6, 6.07) is 16.0. The zero-order valence-corrected chi connectivity index (χ0v) is 17.1. The number of sulfonamides is 1. The Hall–Kier alpha value is -2.06. The molecule has 0 aliphatic heterocycles. The molecular weight excluding hydrogens is 406 g/mol. The number of hydrogen-bond donors (Lipinski definition) is 1. The molecule has 0 amide bonds. The zero-order valence-electron chi connectivity index (χ0n) is 14.7. The van der Waals surface area contributed by atoms with Gasteiger partial charge in [0.05, 0.1) is 12.1 Å². The van der Waals surface area contributed by atoms with Gasteiger partial charge in [0.25, 0.3) is 10.0 Å². The highest BCUT2D eigenvalue weighted by molar-refractivity contribution is 7.91. The molecule has 0 fully saturated rings. The molecule has 27 heavy (non-hydrogen) atoms. The van der Waals surface area contributed by atoms with Crippen molar-refractivity contribution in [2.75, 3.05) is 7.11 Å². The van der Waals surface area contributed by atoms with Gasteiger partial charge in [-0.25, -0.2) is 13.1 Å². The molecule has 0 saturated carbocycles. The van der Waals surface area contributed by atoms with Crippen LogP contribution in [-0.2, 0) is 16.6 Å². The second-order valence-electron chi connectivity index (χ2n) is 5.79. The summed E-state index contributed by atoms with van der Waals surface area (Å²) < 4.78 is 38.6. The van der Waals surface area contributed by atoms with Gasteiger partial charge in [0.2, 0.25) is 5.06 Å². The number of halogens is 1. The van der Waals surface area contributed by atoms with Crippen molar-refractivity contribution in [3.8, 4) is 16.6 Å². The molecule has 0 bridgehead atoms. The lowest BCUT2D eigenvalue weighted by atomic mass is 10.2. The maximum Gasteiger partial charge on any atom is 0.250 e. The Balaban J connectivity index is 1.72. The lowest BCUT2D eigenvalue weighted by Gasteiger charge is -2.06. The second-order valence-corrected chi connectivity index (χ2v) is 9.21. The molecule has 1 heterocycles. The number of rotatable bonds is 7. The van der Waals surface area contributed by atoms with Crippen molar-refractivity contribution in [3.63, 3.8) is 0 Å². The minimum Gasteiger partial charge on any atom is -0.497 e. The molecule has 3 rings (SSSR count). The van der Waals surface area contributed by atoms with Crippen LogP contribution in [0.3, 0.4) is 0 Å². The quantitative estimate of drug-likeness (QED) is 0.581. The highest BCUT2D eigenvalue weighted by atomic mass is 35.5. The van der Waals surface area contributed by atoms with Crippen LogP contribution in [0.25, 0.3) is 0 Å². The first-order valence-corrected chi connectivity index (χ1v) is 10.7. The molecule has 0 radical (unpaired) electrons. The maximum absolute atomic E-state index is 12.6. The summed E-state index contributed by atoms with van der Waals surface area (Å²) in [5.41, 5.74) is 1.85. The Morgan fingerprint density at radius 3 is 2.48 bits per heavy atom. The summed E-state index contributed by atoms with van der Waals surface area (Å²) in [5, 5.41) is 0.596. The molecule has 0 spiro atoms. The van der Waals surface area contributed by atoms with Crippen LogP contribution in [0.4, 0.5) is 0 Å². The van der Waals surface area contributed by atoms with Gasteiger partial charge in [-0.2, -0.15) is 0 Å². The molecule has 0 unspecified atom stereocenters. The van der Waals surface area contributed by atoms with Crippen LogP contribution in [-0.4, -0.2) is 15.5 Å². The van der Waals surface area contributed by atoms with E-state index in [9.17, 15) is 8.42 Å². The normalized spacial score (nSPS) is 11.4. The predicted octanol–water partition coefficient (Wildman–Crippen LogP) is 4.99. The molecule has 5 nitrogen and oxygen atoms in total. The third-order valence-corrected chi connectivity index (χ3v) is 7.00. The van der Waals surface area contributed by atoms with Crippen molar-refractivity contribution in [1.82, 2.24) is 4.72 Å². The van der Waals surface area contributed by atoms with E-state index in [4.69, 9.17) is 21.1 Å². The van der Waals surface area contributed by atoms with Gasteiger partial charge in [-0.3, -0.25) is 0 Å². The van der Waals surface area contributed by atoms with E-state index in [0.717, 1.165) is 22.5 Å². The van der Waals surface area contributed by atoms with Gasteiger partial charge in [0.1, 0.15) is 15.7 Å². The number of nitrogens with one attached hydrogen (secondary N) is 1. The second kappa shape index (κ2) is 8.31. The molecule has 0 aliphatic carbocycles. The van der Waals surface area contributed by atoms with E-state index in [1.165, 1.54) is 6.07 Å². The van der Waals surface area contributed by atoms with Gasteiger partial charge in [0, 0.05) is 6.54 Å². The first kappa shape index (κ1) is 19.7. The van der Waals surface area contributed by atoms with Crippen LogP contribution in [0, 0.1) is 6.92 Å². The van der Waals surface area contributed by atoms with Crippen molar-refractivity contribution >= 4 is 33.0 Å². The van der Waals surface area contributed by atoms with E-state index in [1.807, 2.05) is 25.1 Å². The zero-order chi connectivity index (χ0) is 19.4. The summed E-state index contributed by atoms with van der Waals surface area (Å²) in [5.74, 6) is 1.32. The third kappa shape index (κ3) is 5.01. The summed E-state index contributed by atoms with van der Waals surface area (Å²) in [4.78, 5) is 0. The molecule has 0 saturated heterocycles. The summed E-state index contributed by atoms with van der Waals surface area (Å²) in [6.45, 7) is 2.11. The SMILES string of the molecule is COc1ccc(CNS(=O)(=O)c2cc(Cl)c(Oc3cccc(C)c3)s2)cc1. The van der Waals surface area contributed by atoms with E-state index in [2.05, 4.69) is 4.72 Å². The largest absolute Gasteiger partial charge is 0.497 e. The van der Waals surface area contributed by atoms with E-state index in [1.54, 1.807) is 37.4 Å². The summed E-state index contributed by atoms with van der Waals surface area (Å²) in [6.07, 6.45) is 0. The smallest absolute Gasteiger partial charge is 0.250 e. The van der Waals surface area contributed by atoms with Gasteiger partial charge in [-0.1, -0.05) is 47.2 Å². The van der Waals surface area contributed by atoms with Crippen molar-refractivity contribution in [2.45, 2.75) is 17.7 Å². The third-order valence-electron chi connectivity index (χ3n) is 3.72. The monoisotopic (exact) mass is 423 g/mol. The number of ether oxygens (including phenoxy) is 2. The van der Waals surface area contributed by atoms with Gasteiger partial charge in [-0.05, 0) is 48.4 Å². The molecular formula is C19H18ClNO4S2. The fraction of sp³-hybridized carbons (Fsp3) is 0.158. The first-order valence-electron chi connectivity index (χ1n) is 8.04. The fourth-order valence-electron chi connectivity index (χ4n) is 2.31. The number of thiophene rings is 1. The average Bonchev–Trinajstić information content (AvgIpc) is 3.02. The highest BCUT2D eigenvalue weighted by Crippen LogP contribution is 2.39. The lowest BCUT2D eigenvalue weighted by Crippen LogP contribution is -2.22. The van der Waals surface area contributed by atoms with E-state index in [-0.39, 0.29) is 15.8 Å². The van der Waals surface area contributed by atoms with Crippen LogP contribution < -0.4 is 14.2 Å². The molecule has 8 heteroatoms. The minimum atomic E-state index is -3.70. The maximum atomic E-state index is 12.6. The van der Waals surface area contributed by atoms with Gasteiger partial charge in [-0.15, -0.1) is 0 Å². The molecule has 1 aromatic heterocycles. The molecule has 0 aliphatic rings. The summed E-state index contributed by atoms with van der Waals surface area (Å²) >= 11 is 7.15. The topological polar surface area (TPSA) is 64.6 Å². The lowest BCUT2D eigenvalue weighted by molar-refractivity contribution is 0.414. The van der Waals surface area contributed by atoms with Gasteiger partial charge < -0.3 is 9.47 Å². The fourth-order valence-corrected chi connectivity index (χ4v) is 4.97. The number of benzene rings is 2. The van der Waals surface area contributed by atoms with E-state index >= 15 is 0 Å². The Labute approximate surface area is 167 Å². The first-order chi connectivity index (χ1) is 12.9. The molecule has 2 aromatic carbocycles.